The number of carbonyl (C=O) groups is 3. The molecule has 0 unspecified atom stereocenters. The van der Waals surface area contributed by atoms with Gasteiger partial charge >= 0.3 is 17.9 Å². The molecule has 0 amide bonds. The molecule has 0 aliphatic carbocycles. The maximum atomic E-state index is 11.4. The zero-order chi connectivity index (χ0) is 18.3. The van der Waals surface area contributed by atoms with Crippen LogP contribution in [-0.4, -0.2) is 66.9 Å². The van der Waals surface area contributed by atoms with Crippen molar-refractivity contribution in [1.82, 2.24) is 0 Å². The van der Waals surface area contributed by atoms with E-state index in [9.17, 15) is 19.5 Å². The van der Waals surface area contributed by atoms with Crippen LogP contribution in [0.3, 0.4) is 0 Å². The lowest BCUT2D eigenvalue weighted by molar-refractivity contribution is -0.299. The third-order valence-electron chi connectivity index (χ3n) is 3.07. The Morgan fingerprint density at radius 1 is 1.04 bits per heavy atom. The van der Waals surface area contributed by atoms with Crippen LogP contribution >= 0.6 is 0 Å². The quantitative estimate of drug-likeness (QED) is 0.376. The van der Waals surface area contributed by atoms with E-state index in [4.69, 9.17) is 23.7 Å². The Kier molecular flexibility index (Phi) is 7.83. The van der Waals surface area contributed by atoms with E-state index in [1.165, 1.54) is 19.9 Å². The number of aliphatic hydroxyl groups is 1. The minimum absolute atomic E-state index is 0.0488. The molecule has 1 saturated heterocycles. The molecular formula is C15H22O9. The van der Waals surface area contributed by atoms with Gasteiger partial charge in [-0.25, -0.2) is 0 Å². The van der Waals surface area contributed by atoms with Gasteiger partial charge in [-0.05, 0) is 0 Å². The number of ether oxygens (including phenoxy) is 5. The molecule has 1 aliphatic rings. The molecule has 9 heteroatoms. The van der Waals surface area contributed by atoms with Crippen molar-refractivity contribution in [3.05, 3.63) is 12.7 Å². The molecule has 136 valence electrons. The zero-order valence-electron chi connectivity index (χ0n) is 13.8. The topological polar surface area (TPSA) is 118 Å². The van der Waals surface area contributed by atoms with E-state index in [2.05, 4.69) is 6.58 Å². The molecule has 0 spiro atoms. The van der Waals surface area contributed by atoms with Gasteiger partial charge in [0.2, 0.25) is 0 Å². The van der Waals surface area contributed by atoms with E-state index in [1.54, 1.807) is 0 Å². The zero-order valence-corrected chi connectivity index (χ0v) is 13.8. The molecule has 0 radical (unpaired) electrons. The first kappa shape index (κ1) is 20.1. The Morgan fingerprint density at radius 3 is 2.12 bits per heavy atom. The van der Waals surface area contributed by atoms with Gasteiger partial charge in [-0.2, -0.15) is 0 Å². The molecule has 0 bridgehead atoms. The minimum atomic E-state index is -1.55. The largest absolute Gasteiger partial charge is 0.463 e. The second kappa shape index (κ2) is 9.36. The summed E-state index contributed by atoms with van der Waals surface area (Å²) in [5, 5.41) is 10.1. The molecule has 9 nitrogen and oxygen atoms in total. The summed E-state index contributed by atoms with van der Waals surface area (Å²) in [6.45, 7) is 6.82. The van der Waals surface area contributed by atoms with Crippen LogP contribution in [0.15, 0.2) is 12.7 Å². The number of aliphatic hydroxyl groups excluding tert-OH is 1. The summed E-state index contributed by atoms with van der Waals surface area (Å²) >= 11 is 0. The van der Waals surface area contributed by atoms with Gasteiger partial charge in [-0.15, -0.1) is 6.58 Å². The molecular weight excluding hydrogens is 324 g/mol. The van der Waals surface area contributed by atoms with Gasteiger partial charge in [-0.1, -0.05) is 6.08 Å². The van der Waals surface area contributed by atoms with Gasteiger partial charge in [0.25, 0.3) is 0 Å². The van der Waals surface area contributed by atoms with Gasteiger partial charge in [0, 0.05) is 20.8 Å². The van der Waals surface area contributed by atoms with Crippen molar-refractivity contribution in [2.45, 2.75) is 51.5 Å². The smallest absolute Gasteiger partial charge is 0.303 e. The Labute approximate surface area is 139 Å². The fourth-order valence-corrected chi connectivity index (χ4v) is 2.25. The average Bonchev–Trinajstić information content (AvgIpc) is 2.47. The van der Waals surface area contributed by atoms with Gasteiger partial charge in [0.1, 0.15) is 18.8 Å². The van der Waals surface area contributed by atoms with Crippen LogP contribution in [0.4, 0.5) is 0 Å². The van der Waals surface area contributed by atoms with Crippen molar-refractivity contribution >= 4 is 17.9 Å². The Hall–Kier alpha value is -1.97. The van der Waals surface area contributed by atoms with Crippen LogP contribution in [-0.2, 0) is 38.1 Å². The van der Waals surface area contributed by atoms with Gasteiger partial charge in [-0.3, -0.25) is 14.4 Å². The first-order valence-electron chi connectivity index (χ1n) is 7.30. The lowest BCUT2D eigenvalue weighted by Gasteiger charge is -2.43. The monoisotopic (exact) mass is 346 g/mol. The molecule has 1 fully saturated rings. The summed E-state index contributed by atoms with van der Waals surface area (Å²) in [7, 11) is 0. The van der Waals surface area contributed by atoms with Crippen LogP contribution in [0.25, 0.3) is 0 Å². The molecule has 1 heterocycles. The Bertz CT molecular complexity index is 476. The van der Waals surface area contributed by atoms with Crippen LogP contribution < -0.4 is 0 Å². The molecule has 1 N–H and O–H groups in total. The van der Waals surface area contributed by atoms with Crippen LogP contribution in [0.1, 0.15) is 20.8 Å². The van der Waals surface area contributed by atoms with Crippen LogP contribution in [0.2, 0.25) is 0 Å². The maximum Gasteiger partial charge on any atom is 0.303 e. The first-order valence-corrected chi connectivity index (χ1v) is 7.30. The summed E-state index contributed by atoms with van der Waals surface area (Å²) in [5.74, 6) is -1.88. The second-order valence-corrected chi connectivity index (χ2v) is 5.10. The van der Waals surface area contributed by atoms with Crippen LogP contribution in [0, 0.1) is 0 Å². The highest BCUT2D eigenvalue weighted by Gasteiger charge is 2.50. The summed E-state index contributed by atoms with van der Waals surface area (Å²) < 4.78 is 25.9. The number of hydrogen-bond acceptors (Lipinski definition) is 9. The average molecular weight is 346 g/mol. The van der Waals surface area contributed by atoms with Crippen molar-refractivity contribution in [2.24, 2.45) is 0 Å². The van der Waals surface area contributed by atoms with E-state index in [-0.39, 0.29) is 13.2 Å². The highest BCUT2D eigenvalue weighted by molar-refractivity contribution is 5.67. The SMILES string of the molecule is C=CCO[C@@H]1[C@H](OC(C)=O)[C@H](O)O[C@H](COC(C)=O)[C@H]1OC(C)=O. The summed E-state index contributed by atoms with van der Waals surface area (Å²) in [6, 6.07) is 0. The molecule has 1 rings (SSSR count). The van der Waals surface area contributed by atoms with E-state index in [0.29, 0.717) is 0 Å². The molecule has 0 aromatic rings. The molecule has 0 saturated carbocycles. The molecule has 24 heavy (non-hydrogen) atoms. The van der Waals surface area contributed by atoms with Crippen LogP contribution in [0.5, 0.6) is 0 Å². The highest BCUT2D eigenvalue weighted by atomic mass is 16.7. The van der Waals surface area contributed by atoms with E-state index in [0.717, 1.165) is 6.92 Å². The van der Waals surface area contributed by atoms with Crippen molar-refractivity contribution in [3.63, 3.8) is 0 Å². The predicted octanol–water partition coefficient (Wildman–Crippen LogP) is -0.299. The third-order valence-corrected chi connectivity index (χ3v) is 3.07. The molecule has 5 atom stereocenters. The van der Waals surface area contributed by atoms with Gasteiger partial charge in [0.05, 0.1) is 6.61 Å². The lowest BCUT2D eigenvalue weighted by atomic mass is 9.98. The van der Waals surface area contributed by atoms with Crippen molar-refractivity contribution < 1.29 is 43.2 Å². The first-order chi connectivity index (χ1) is 11.3. The number of esters is 3. The minimum Gasteiger partial charge on any atom is -0.463 e. The van der Waals surface area contributed by atoms with Crippen molar-refractivity contribution in [3.8, 4) is 0 Å². The highest BCUT2D eigenvalue weighted by Crippen LogP contribution is 2.28. The number of carbonyl (C=O) groups excluding carboxylic acids is 3. The maximum absolute atomic E-state index is 11.4. The Balaban J connectivity index is 3.05. The van der Waals surface area contributed by atoms with E-state index in [1.807, 2.05) is 0 Å². The second-order valence-electron chi connectivity index (χ2n) is 5.10. The Morgan fingerprint density at radius 2 is 1.62 bits per heavy atom. The fourth-order valence-electron chi connectivity index (χ4n) is 2.25. The van der Waals surface area contributed by atoms with Crippen molar-refractivity contribution in [1.29, 1.82) is 0 Å². The van der Waals surface area contributed by atoms with Gasteiger partial charge < -0.3 is 28.8 Å². The normalized spacial score (nSPS) is 29.4. The summed E-state index contributed by atoms with van der Waals surface area (Å²) in [4.78, 5) is 33.7. The molecule has 0 aromatic heterocycles. The standard InChI is InChI=1S/C15H22O9/c1-5-6-20-13-12(22-9(3)17)11(7-21-8(2)16)24-15(19)14(13)23-10(4)18/h5,11-15,19H,1,6-7H2,2-4H3/t11-,12-,13+,14+,15-/m1/s1. The summed E-state index contributed by atoms with van der Waals surface area (Å²) in [6.07, 6.45) is -4.40. The van der Waals surface area contributed by atoms with Gasteiger partial charge in [0.15, 0.2) is 18.5 Å². The molecule has 1 aliphatic heterocycles. The van der Waals surface area contributed by atoms with Crippen molar-refractivity contribution in [2.75, 3.05) is 13.2 Å². The number of rotatable bonds is 7. The molecule has 0 aromatic carbocycles. The predicted molar refractivity (Wildman–Crippen MR) is 78.6 cm³/mol. The third kappa shape index (κ3) is 5.91. The lowest BCUT2D eigenvalue weighted by Crippen LogP contribution is -2.62. The van der Waals surface area contributed by atoms with E-state index >= 15 is 0 Å². The summed E-state index contributed by atoms with van der Waals surface area (Å²) in [5.41, 5.74) is 0. The fraction of sp³-hybridized carbons (Fsp3) is 0.667. The number of hydrogen-bond donors (Lipinski definition) is 1. The van der Waals surface area contributed by atoms with E-state index < -0.39 is 48.6 Å².